The number of ether oxygens (including phenoxy) is 1. The molecule has 0 spiro atoms. The topological polar surface area (TPSA) is 45.2 Å². The summed E-state index contributed by atoms with van der Waals surface area (Å²) in [6.07, 6.45) is 1.84. The quantitative estimate of drug-likeness (QED) is 0.753. The molecule has 0 radical (unpaired) electrons. The van der Waals surface area contributed by atoms with E-state index in [9.17, 15) is 9.50 Å². The number of benzene rings is 2. The first-order valence-electron chi connectivity index (χ1n) is 5.90. The second kappa shape index (κ2) is 4.65. The highest BCUT2D eigenvalue weighted by Gasteiger charge is 2.05. The molecule has 0 aliphatic heterocycles. The zero-order valence-electron chi connectivity index (χ0n) is 10.1. The van der Waals surface area contributed by atoms with E-state index in [1.807, 2.05) is 12.3 Å². The Labute approximate surface area is 109 Å². The van der Waals surface area contributed by atoms with Crippen molar-refractivity contribution in [2.75, 3.05) is 0 Å². The van der Waals surface area contributed by atoms with Gasteiger partial charge in [-0.05, 0) is 42.5 Å². The second-order valence-corrected chi connectivity index (χ2v) is 4.29. The number of rotatable bonds is 3. The summed E-state index contributed by atoms with van der Waals surface area (Å²) in [7, 11) is 0. The van der Waals surface area contributed by atoms with Crippen molar-refractivity contribution in [3.8, 4) is 11.5 Å². The molecule has 2 N–H and O–H groups in total. The number of phenols is 1. The molecule has 1 heterocycles. The van der Waals surface area contributed by atoms with Crippen LogP contribution in [0.3, 0.4) is 0 Å². The normalized spacial score (nSPS) is 10.8. The lowest BCUT2D eigenvalue weighted by atomic mass is 10.2. The van der Waals surface area contributed by atoms with Crippen LogP contribution in [-0.2, 0) is 6.61 Å². The van der Waals surface area contributed by atoms with Gasteiger partial charge < -0.3 is 14.8 Å². The highest BCUT2D eigenvalue weighted by atomic mass is 19.1. The van der Waals surface area contributed by atoms with Gasteiger partial charge in [0, 0.05) is 22.7 Å². The molecule has 3 aromatic rings. The molecule has 0 unspecified atom stereocenters. The third kappa shape index (κ3) is 2.38. The number of nitrogens with one attached hydrogen (secondary N) is 1. The lowest BCUT2D eigenvalue weighted by Gasteiger charge is -2.05. The minimum absolute atomic E-state index is 0.218. The Morgan fingerprint density at radius 1 is 1.11 bits per heavy atom. The van der Waals surface area contributed by atoms with Crippen LogP contribution in [0, 0.1) is 5.82 Å². The van der Waals surface area contributed by atoms with E-state index >= 15 is 0 Å². The van der Waals surface area contributed by atoms with Crippen molar-refractivity contribution in [1.29, 1.82) is 0 Å². The van der Waals surface area contributed by atoms with Gasteiger partial charge in [-0.15, -0.1) is 0 Å². The summed E-state index contributed by atoms with van der Waals surface area (Å²) in [6.45, 7) is 0.356. The van der Waals surface area contributed by atoms with Crippen LogP contribution >= 0.6 is 0 Å². The number of fused-ring (bicyclic) bond motifs is 1. The van der Waals surface area contributed by atoms with Crippen LogP contribution in [0.5, 0.6) is 11.5 Å². The first-order valence-corrected chi connectivity index (χ1v) is 5.90. The number of aromatic nitrogens is 1. The third-order valence-corrected chi connectivity index (χ3v) is 2.96. The predicted molar refractivity (Wildman–Crippen MR) is 70.7 cm³/mol. The number of aromatic hydroxyl groups is 1. The van der Waals surface area contributed by atoms with Crippen molar-refractivity contribution in [3.05, 3.63) is 60.0 Å². The Balaban J connectivity index is 1.81. The summed E-state index contributed by atoms with van der Waals surface area (Å²) in [5.41, 5.74) is 1.88. The summed E-state index contributed by atoms with van der Waals surface area (Å²) >= 11 is 0. The molecule has 3 nitrogen and oxygen atoms in total. The monoisotopic (exact) mass is 257 g/mol. The van der Waals surface area contributed by atoms with E-state index < -0.39 is 0 Å². The molecular formula is C15H12FNO2. The van der Waals surface area contributed by atoms with Crippen LogP contribution in [0.4, 0.5) is 4.39 Å². The SMILES string of the molecule is Oc1ccc2[nH]cc(COc3ccc(F)cc3)c2c1. The van der Waals surface area contributed by atoms with Crippen molar-refractivity contribution in [2.45, 2.75) is 6.61 Å². The Morgan fingerprint density at radius 3 is 2.68 bits per heavy atom. The maximum absolute atomic E-state index is 12.8. The van der Waals surface area contributed by atoms with Crippen molar-refractivity contribution < 1.29 is 14.2 Å². The zero-order chi connectivity index (χ0) is 13.2. The zero-order valence-corrected chi connectivity index (χ0v) is 10.1. The fourth-order valence-electron chi connectivity index (χ4n) is 1.98. The standard InChI is InChI=1S/C15H12FNO2/c16-11-1-4-13(5-2-11)19-9-10-8-17-15-6-3-12(18)7-14(10)15/h1-8,17-18H,9H2. The van der Waals surface area contributed by atoms with E-state index in [-0.39, 0.29) is 11.6 Å². The molecule has 0 saturated carbocycles. The van der Waals surface area contributed by atoms with Gasteiger partial charge in [0.2, 0.25) is 0 Å². The van der Waals surface area contributed by atoms with Crippen LogP contribution in [0.15, 0.2) is 48.7 Å². The second-order valence-electron chi connectivity index (χ2n) is 4.29. The molecule has 2 aromatic carbocycles. The van der Waals surface area contributed by atoms with E-state index in [0.717, 1.165) is 16.5 Å². The molecule has 0 aliphatic carbocycles. The highest BCUT2D eigenvalue weighted by Crippen LogP contribution is 2.24. The van der Waals surface area contributed by atoms with Gasteiger partial charge in [-0.1, -0.05) is 0 Å². The van der Waals surface area contributed by atoms with E-state index in [0.29, 0.717) is 12.4 Å². The fourth-order valence-corrected chi connectivity index (χ4v) is 1.98. The molecule has 1 aromatic heterocycles. The molecule has 0 fully saturated rings. The van der Waals surface area contributed by atoms with E-state index in [2.05, 4.69) is 4.98 Å². The molecule has 0 saturated heterocycles. The van der Waals surface area contributed by atoms with E-state index in [1.54, 1.807) is 24.3 Å². The molecule has 0 bridgehead atoms. The molecule has 0 amide bonds. The average Bonchev–Trinajstić information content (AvgIpc) is 2.80. The summed E-state index contributed by atoms with van der Waals surface area (Å²) in [6, 6.07) is 11.0. The Morgan fingerprint density at radius 2 is 1.89 bits per heavy atom. The van der Waals surface area contributed by atoms with E-state index in [4.69, 9.17) is 4.74 Å². The van der Waals surface area contributed by atoms with Gasteiger partial charge in [-0.25, -0.2) is 4.39 Å². The van der Waals surface area contributed by atoms with Gasteiger partial charge in [0.05, 0.1) is 0 Å². The third-order valence-electron chi connectivity index (χ3n) is 2.96. The van der Waals surface area contributed by atoms with Crippen LogP contribution in [0.25, 0.3) is 10.9 Å². The molecule has 0 atom stereocenters. The van der Waals surface area contributed by atoms with Gasteiger partial charge in [-0.2, -0.15) is 0 Å². The first kappa shape index (κ1) is 11.6. The largest absolute Gasteiger partial charge is 0.508 e. The average molecular weight is 257 g/mol. The number of hydrogen-bond donors (Lipinski definition) is 2. The molecule has 96 valence electrons. The van der Waals surface area contributed by atoms with Gasteiger partial charge in [0.25, 0.3) is 0 Å². The van der Waals surface area contributed by atoms with Crippen LogP contribution in [0.2, 0.25) is 0 Å². The number of halogens is 1. The molecule has 19 heavy (non-hydrogen) atoms. The minimum atomic E-state index is -0.288. The van der Waals surface area contributed by atoms with Crippen molar-refractivity contribution in [3.63, 3.8) is 0 Å². The number of H-pyrrole nitrogens is 1. The first-order chi connectivity index (χ1) is 9.22. The summed E-state index contributed by atoms with van der Waals surface area (Å²) in [5.74, 6) is 0.537. The number of hydrogen-bond acceptors (Lipinski definition) is 2. The lowest BCUT2D eigenvalue weighted by molar-refractivity contribution is 0.307. The summed E-state index contributed by atoms with van der Waals surface area (Å²) in [4.78, 5) is 3.11. The van der Waals surface area contributed by atoms with Crippen molar-refractivity contribution in [1.82, 2.24) is 4.98 Å². The molecule has 4 heteroatoms. The van der Waals surface area contributed by atoms with Gasteiger partial charge in [-0.3, -0.25) is 0 Å². The van der Waals surface area contributed by atoms with Crippen molar-refractivity contribution in [2.24, 2.45) is 0 Å². The Kier molecular flexibility index (Phi) is 2.83. The van der Waals surface area contributed by atoms with Crippen LogP contribution < -0.4 is 4.74 Å². The fraction of sp³-hybridized carbons (Fsp3) is 0.0667. The summed E-state index contributed by atoms with van der Waals surface area (Å²) in [5, 5.41) is 10.4. The van der Waals surface area contributed by atoms with Gasteiger partial charge >= 0.3 is 0 Å². The van der Waals surface area contributed by atoms with Crippen LogP contribution in [-0.4, -0.2) is 10.1 Å². The Hall–Kier alpha value is -2.49. The Bertz CT molecular complexity index is 704. The summed E-state index contributed by atoms with van der Waals surface area (Å²) < 4.78 is 18.3. The van der Waals surface area contributed by atoms with Crippen LogP contribution in [0.1, 0.15) is 5.56 Å². The van der Waals surface area contributed by atoms with Crippen molar-refractivity contribution >= 4 is 10.9 Å². The highest BCUT2D eigenvalue weighted by molar-refractivity contribution is 5.84. The number of phenolic OH excluding ortho intramolecular Hbond substituents is 1. The maximum atomic E-state index is 12.8. The van der Waals surface area contributed by atoms with E-state index in [1.165, 1.54) is 12.1 Å². The molecule has 0 aliphatic rings. The predicted octanol–water partition coefficient (Wildman–Crippen LogP) is 3.59. The minimum Gasteiger partial charge on any atom is -0.508 e. The van der Waals surface area contributed by atoms with Gasteiger partial charge in [0.15, 0.2) is 0 Å². The lowest BCUT2D eigenvalue weighted by Crippen LogP contribution is -1.94. The number of aromatic amines is 1. The smallest absolute Gasteiger partial charge is 0.123 e. The maximum Gasteiger partial charge on any atom is 0.123 e. The van der Waals surface area contributed by atoms with Gasteiger partial charge in [0.1, 0.15) is 23.9 Å². The molecular weight excluding hydrogens is 245 g/mol. The molecule has 3 rings (SSSR count).